The largest absolute Gasteiger partial charge is 0.379 e. The summed E-state index contributed by atoms with van der Waals surface area (Å²) >= 11 is 1.83. The molecule has 2 saturated heterocycles. The van der Waals surface area contributed by atoms with Gasteiger partial charge in [-0.1, -0.05) is 0 Å². The van der Waals surface area contributed by atoms with Crippen LogP contribution in [0.15, 0.2) is 12.1 Å². The van der Waals surface area contributed by atoms with Gasteiger partial charge in [0.2, 0.25) is 0 Å². The van der Waals surface area contributed by atoms with Gasteiger partial charge in [0.05, 0.1) is 31.3 Å². The van der Waals surface area contributed by atoms with Gasteiger partial charge in [0.15, 0.2) is 6.29 Å². The average molecular weight is 297 g/mol. The second-order valence-corrected chi connectivity index (χ2v) is 6.49. The Kier molecular flexibility index (Phi) is 5.44. The van der Waals surface area contributed by atoms with E-state index in [1.165, 1.54) is 35.6 Å². The third kappa shape index (κ3) is 4.02. The van der Waals surface area contributed by atoms with Crippen molar-refractivity contribution in [2.45, 2.75) is 25.6 Å². The monoisotopic (exact) mass is 297 g/mol. The molecular formula is C15H23NO3S. The molecule has 0 bridgehead atoms. The van der Waals surface area contributed by atoms with Crippen LogP contribution in [-0.2, 0) is 20.6 Å². The summed E-state index contributed by atoms with van der Waals surface area (Å²) in [5, 5.41) is 0. The number of aryl methyl sites for hydroxylation is 1. The molecule has 0 atom stereocenters. The second kappa shape index (κ2) is 7.52. The van der Waals surface area contributed by atoms with E-state index in [9.17, 15) is 0 Å². The Hall–Kier alpha value is -0.460. The zero-order valence-corrected chi connectivity index (χ0v) is 12.7. The SMILES string of the molecule is c1cc(C2OCCO2)sc1CCCCN1CCOCC1. The highest BCUT2D eigenvalue weighted by Crippen LogP contribution is 2.30. The Labute approximate surface area is 124 Å². The Morgan fingerprint density at radius 2 is 1.85 bits per heavy atom. The van der Waals surface area contributed by atoms with Gasteiger partial charge in [-0.25, -0.2) is 0 Å². The molecule has 0 N–H and O–H groups in total. The molecule has 0 amide bonds. The summed E-state index contributed by atoms with van der Waals surface area (Å²) < 4.78 is 16.4. The summed E-state index contributed by atoms with van der Waals surface area (Å²) in [7, 11) is 0. The van der Waals surface area contributed by atoms with E-state index >= 15 is 0 Å². The molecule has 0 radical (unpaired) electrons. The highest BCUT2D eigenvalue weighted by Gasteiger charge is 2.19. The van der Waals surface area contributed by atoms with Crippen molar-refractivity contribution in [2.24, 2.45) is 0 Å². The molecule has 5 heteroatoms. The molecule has 2 aliphatic heterocycles. The minimum Gasteiger partial charge on any atom is -0.379 e. The van der Waals surface area contributed by atoms with E-state index in [2.05, 4.69) is 17.0 Å². The lowest BCUT2D eigenvalue weighted by Gasteiger charge is -2.26. The van der Waals surface area contributed by atoms with Gasteiger partial charge in [-0.15, -0.1) is 11.3 Å². The third-order valence-corrected chi connectivity index (χ3v) is 4.95. The first-order valence-corrected chi connectivity index (χ1v) is 8.35. The van der Waals surface area contributed by atoms with Crippen molar-refractivity contribution < 1.29 is 14.2 Å². The van der Waals surface area contributed by atoms with Crippen LogP contribution < -0.4 is 0 Å². The molecule has 0 spiro atoms. The van der Waals surface area contributed by atoms with Crippen LogP contribution in [0.3, 0.4) is 0 Å². The Balaban J connectivity index is 1.35. The summed E-state index contributed by atoms with van der Waals surface area (Å²) in [6.45, 7) is 6.63. The fourth-order valence-corrected chi connectivity index (χ4v) is 3.69. The van der Waals surface area contributed by atoms with Crippen molar-refractivity contribution >= 4 is 11.3 Å². The fraction of sp³-hybridized carbons (Fsp3) is 0.733. The van der Waals surface area contributed by atoms with Crippen molar-refractivity contribution in [3.05, 3.63) is 21.9 Å². The molecule has 4 nitrogen and oxygen atoms in total. The summed E-state index contributed by atoms with van der Waals surface area (Å²) in [6, 6.07) is 4.37. The van der Waals surface area contributed by atoms with Gasteiger partial charge in [-0.3, -0.25) is 4.90 Å². The summed E-state index contributed by atoms with van der Waals surface area (Å²) in [4.78, 5) is 5.16. The highest BCUT2D eigenvalue weighted by molar-refractivity contribution is 7.12. The topological polar surface area (TPSA) is 30.9 Å². The van der Waals surface area contributed by atoms with Crippen molar-refractivity contribution in [3.8, 4) is 0 Å². The number of unbranched alkanes of at least 4 members (excludes halogenated alkanes) is 1. The van der Waals surface area contributed by atoms with Gasteiger partial charge in [0, 0.05) is 18.0 Å². The molecule has 0 aromatic carbocycles. The molecule has 0 saturated carbocycles. The molecule has 3 heterocycles. The molecule has 0 unspecified atom stereocenters. The Morgan fingerprint density at radius 1 is 1.05 bits per heavy atom. The molecule has 20 heavy (non-hydrogen) atoms. The Morgan fingerprint density at radius 3 is 2.65 bits per heavy atom. The number of hydrogen-bond acceptors (Lipinski definition) is 5. The molecule has 3 rings (SSSR count). The van der Waals surface area contributed by atoms with Crippen LogP contribution in [0, 0.1) is 0 Å². The van der Waals surface area contributed by atoms with Crippen molar-refractivity contribution in [3.63, 3.8) is 0 Å². The van der Waals surface area contributed by atoms with Crippen LogP contribution in [0.1, 0.15) is 28.9 Å². The van der Waals surface area contributed by atoms with Crippen LogP contribution in [0.2, 0.25) is 0 Å². The average Bonchev–Trinajstić information content (AvgIpc) is 3.15. The number of rotatable bonds is 6. The third-order valence-electron chi connectivity index (χ3n) is 3.79. The number of thiophene rings is 1. The van der Waals surface area contributed by atoms with E-state index in [4.69, 9.17) is 14.2 Å². The van der Waals surface area contributed by atoms with Gasteiger partial charge in [0.1, 0.15) is 0 Å². The van der Waals surface area contributed by atoms with Crippen LogP contribution >= 0.6 is 11.3 Å². The molecule has 2 aliphatic rings. The first kappa shape index (κ1) is 14.5. The standard InChI is InChI=1S/C15H23NO3S/c1(2-6-16-7-9-17-10-8-16)3-13-4-5-14(20-13)15-18-11-12-19-15/h4-5,15H,1-3,6-12H2. The van der Waals surface area contributed by atoms with Crippen LogP contribution in [0.4, 0.5) is 0 Å². The quantitative estimate of drug-likeness (QED) is 0.755. The van der Waals surface area contributed by atoms with Crippen LogP contribution in [0.5, 0.6) is 0 Å². The maximum atomic E-state index is 5.53. The molecule has 0 aliphatic carbocycles. The van der Waals surface area contributed by atoms with E-state index in [-0.39, 0.29) is 6.29 Å². The van der Waals surface area contributed by atoms with E-state index < -0.39 is 0 Å². The van der Waals surface area contributed by atoms with E-state index in [0.717, 1.165) is 39.5 Å². The fourth-order valence-electron chi connectivity index (χ4n) is 2.64. The van der Waals surface area contributed by atoms with Crippen LogP contribution in [-0.4, -0.2) is 51.0 Å². The van der Waals surface area contributed by atoms with Crippen molar-refractivity contribution in [2.75, 3.05) is 46.1 Å². The smallest absolute Gasteiger partial charge is 0.193 e. The lowest BCUT2D eigenvalue weighted by Crippen LogP contribution is -2.36. The number of ether oxygens (including phenoxy) is 3. The number of nitrogens with zero attached hydrogens (tertiary/aromatic N) is 1. The molecule has 112 valence electrons. The number of hydrogen-bond donors (Lipinski definition) is 0. The second-order valence-electron chi connectivity index (χ2n) is 5.29. The first-order chi connectivity index (χ1) is 9.92. The van der Waals surface area contributed by atoms with E-state index in [0.29, 0.717) is 0 Å². The predicted octanol–water partition coefficient (Wildman–Crippen LogP) is 2.45. The van der Waals surface area contributed by atoms with Gasteiger partial charge in [-0.2, -0.15) is 0 Å². The summed E-state index contributed by atoms with van der Waals surface area (Å²) in [6.07, 6.45) is 3.58. The van der Waals surface area contributed by atoms with E-state index in [1.807, 2.05) is 11.3 Å². The maximum absolute atomic E-state index is 5.53. The summed E-state index contributed by atoms with van der Waals surface area (Å²) in [5.41, 5.74) is 0. The zero-order valence-electron chi connectivity index (χ0n) is 11.9. The maximum Gasteiger partial charge on any atom is 0.193 e. The van der Waals surface area contributed by atoms with Gasteiger partial charge < -0.3 is 14.2 Å². The predicted molar refractivity (Wildman–Crippen MR) is 79.2 cm³/mol. The van der Waals surface area contributed by atoms with E-state index in [1.54, 1.807) is 0 Å². The summed E-state index contributed by atoms with van der Waals surface area (Å²) in [5.74, 6) is 0. The molecule has 1 aromatic rings. The number of morpholine rings is 1. The first-order valence-electron chi connectivity index (χ1n) is 7.54. The normalized spacial score (nSPS) is 21.6. The highest BCUT2D eigenvalue weighted by atomic mass is 32.1. The van der Waals surface area contributed by atoms with Gasteiger partial charge in [-0.05, 0) is 37.9 Å². The van der Waals surface area contributed by atoms with Crippen molar-refractivity contribution in [1.82, 2.24) is 4.90 Å². The van der Waals surface area contributed by atoms with Crippen molar-refractivity contribution in [1.29, 1.82) is 0 Å². The van der Waals surface area contributed by atoms with Gasteiger partial charge in [0.25, 0.3) is 0 Å². The lowest BCUT2D eigenvalue weighted by molar-refractivity contribution is -0.0413. The molecule has 1 aromatic heterocycles. The Bertz CT molecular complexity index is 398. The van der Waals surface area contributed by atoms with Crippen LogP contribution in [0.25, 0.3) is 0 Å². The molecular weight excluding hydrogens is 274 g/mol. The molecule has 2 fully saturated rings. The zero-order chi connectivity index (χ0) is 13.6. The van der Waals surface area contributed by atoms with Gasteiger partial charge >= 0.3 is 0 Å². The minimum absolute atomic E-state index is 0.109. The lowest BCUT2D eigenvalue weighted by atomic mass is 10.2. The minimum atomic E-state index is -0.109.